The van der Waals surface area contributed by atoms with Gasteiger partial charge in [0.05, 0.1) is 5.69 Å². The largest absolute Gasteiger partial charge is 0.241 e. The van der Waals surface area contributed by atoms with Crippen molar-refractivity contribution in [2.75, 3.05) is 0 Å². The third-order valence-corrected chi connectivity index (χ3v) is 2.10. The van der Waals surface area contributed by atoms with Crippen LogP contribution >= 0.6 is 11.3 Å². The molecular formula is C8H10NS. The molecule has 1 rings (SSSR count). The van der Waals surface area contributed by atoms with Gasteiger partial charge >= 0.3 is 0 Å². The van der Waals surface area contributed by atoms with Crippen molar-refractivity contribution in [1.29, 1.82) is 0 Å². The van der Waals surface area contributed by atoms with Gasteiger partial charge in [0.1, 0.15) is 5.01 Å². The first-order valence-corrected chi connectivity index (χ1v) is 4.12. The van der Waals surface area contributed by atoms with Crippen LogP contribution in [-0.2, 0) is 0 Å². The molecular weight excluding hydrogens is 142 g/mol. The number of thiazole rings is 1. The van der Waals surface area contributed by atoms with Crippen LogP contribution < -0.4 is 0 Å². The van der Waals surface area contributed by atoms with Crippen molar-refractivity contribution in [1.82, 2.24) is 4.98 Å². The van der Waals surface area contributed by atoms with E-state index in [4.69, 9.17) is 6.58 Å². The van der Waals surface area contributed by atoms with Crippen LogP contribution in [-0.4, -0.2) is 4.98 Å². The molecule has 1 aromatic rings. The van der Waals surface area contributed by atoms with Gasteiger partial charge in [0.15, 0.2) is 0 Å². The summed E-state index contributed by atoms with van der Waals surface area (Å²) >= 11 is 1.59. The maximum Gasteiger partial charge on any atom is 0.116 e. The highest BCUT2D eigenvalue weighted by atomic mass is 32.1. The van der Waals surface area contributed by atoms with Crippen molar-refractivity contribution in [3.05, 3.63) is 22.7 Å². The van der Waals surface area contributed by atoms with Gasteiger partial charge in [0.2, 0.25) is 0 Å². The minimum Gasteiger partial charge on any atom is -0.241 e. The van der Waals surface area contributed by atoms with Gasteiger partial charge in [0, 0.05) is 5.38 Å². The van der Waals surface area contributed by atoms with Crippen LogP contribution in [0.4, 0.5) is 0 Å². The fourth-order valence-corrected chi connectivity index (χ4v) is 1.45. The van der Waals surface area contributed by atoms with Gasteiger partial charge < -0.3 is 0 Å². The fourth-order valence-electron chi connectivity index (χ4n) is 0.642. The number of nitrogens with zero attached hydrogens (tertiary/aromatic N) is 1. The third-order valence-electron chi connectivity index (χ3n) is 1.27. The quantitative estimate of drug-likeness (QED) is 0.635. The summed E-state index contributed by atoms with van der Waals surface area (Å²) in [6, 6.07) is 0. The molecule has 0 fully saturated rings. The van der Waals surface area contributed by atoms with E-state index in [1.807, 2.05) is 5.38 Å². The van der Waals surface area contributed by atoms with E-state index in [-0.39, 0.29) is 0 Å². The van der Waals surface area contributed by atoms with Crippen LogP contribution in [0.3, 0.4) is 0 Å². The van der Waals surface area contributed by atoms with Crippen LogP contribution in [0.25, 0.3) is 6.08 Å². The summed E-state index contributed by atoms with van der Waals surface area (Å²) in [7, 11) is 0. The smallest absolute Gasteiger partial charge is 0.116 e. The maximum absolute atomic E-state index is 5.29. The zero-order valence-electron chi connectivity index (χ0n) is 6.16. The van der Waals surface area contributed by atoms with E-state index >= 15 is 0 Å². The van der Waals surface area contributed by atoms with Gasteiger partial charge in [-0.15, -0.1) is 11.3 Å². The molecule has 1 nitrogen and oxygen atoms in total. The van der Waals surface area contributed by atoms with Crippen LogP contribution in [0.5, 0.6) is 0 Å². The van der Waals surface area contributed by atoms with Crippen molar-refractivity contribution in [2.45, 2.75) is 19.8 Å². The molecule has 0 spiro atoms. The fraction of sp³-hybridized carbons (Fsp3) is 0.375. The summed E-state index contributed by atoms with van der Waals surface area (Å²) in [5.41, 5.74) is 1.13. The van der Waals surface area contributed by atoms with Crippen LogP contribution in [0.15, 0.2) is 5.38 Å². The lowest BCUT2D eigenvalue weighted by Crippen LogP contribution is -1.85. The summed E-state index contributed by atoms with van der Waals surface area (Å²) in [5, 5.41) is 2.95. The SMILES string of the molecule is [CH]=Cc1nc(C(C)C)cs1. The molecule has 53 valence electrons. The molecule has 0 saturated heterocycles. The Labute approximate surface area is 65.4 Å². The lowest BCUT2D eigenvalue weighted by Gasteiger charge is -1.95. The van der Waals surface area contributed by atoms with Crippen LogP contribution in [0.1, 0.15) is 30.5 Å². The van der Waals surface area contributed by atoms with E-state index < -0.39 is 0 Å². The molecule has 10 heavy (non-hydrogen) atoms. The highest BCUT2D eigenvalue weighted by Gasteiger charge is 2.01. The number of hydrogen-bond donors (Lipinski definition) is 0. The standard InChI is InChI=1S/C8H10NS/c1-4-8-9-7(5-10-8)6(2)3/h1,4-6H,2-3H3. The molecule has 1 radical (unpaired) electrons. The highest BCUT2D eigenvalue weighted by Crippen LogP contribution is 2.17. The second-order valence-electron chi connectivity index (χ2n) is 2.43. The second-order valence-corrected chi connectivity index (χ2v) is 3.32. The Hall–Kier alpha value is -0.630. The first-order valence-electron chi connectivity index (χ1n) is 3.24. The molecule has 0 aliphatic carbocycles. The molecule has 0 bridgehead atoms. The van der Waals surface area contributed by atoms with Gasteiger partial charge in [-0.05, 0) is 12.0 Å². The molecule has 0 amide bonds. The number of hydrogen-bond acceptors (Lipinski definition) is 2. The predicted molar refractivity (Wildman–Crippen MR) is 45.0 cm³/mol. The van der Waals surface area contributed by atoms with Crippen LogP contribution in [0, 0.1) is 6.58 Å². The summed E-state index contributed by atoms with van der Waals surface area (Å²) in [4.78, 5) is 4.27. The van der Waals surface area contributed by atoms with Crippen molar-refractivity contribution in [3.8, 4) is 0 Å². The van der Waals surface area contributed by atoms with E-state index in [9.17, 15) is 0 Å². The molecule has 0 atom stereocenters. The Morgan fingerprint density at radius 2 is 2.40 bits per heavy atom. The Bertz CT molecular complexity index is 225. The van der Waals surface area contributed by atoms with Gasteiger partial charge in [0.25, 0.3) is 0 Å². The number of rotatable bonds is 2. The average molecular weight is 152 g/mol. The monoisotopic (exact) mass is 152 g/mol. The molecule has 1 heterocycles. The topological polar surface area (TPSA) is 12.9 Å². The average Bonchev–Trinajstić information content (AvgIpc) is 2.34. The van der Waals surface area contributed by atoms with E-state index in [0.717, 1.165) is 10.7 Å². The van der Waals surface area contributed by atoms with Crippen molar-refractivity contribution in [3.63, 3.8) is 0 Å². The van der Waals surface area contributed by atoms with Gasteiger partial charge in [-0.2, -0.15) is 0 Å². The summed E-state index contributed by atoms with van der Waals surface area (Å²) in [5.74, 6) is 0.505. The van der Waals surface area contributed by atoms with Crippen LogP contribution in [0.2, 0.25) is 0 Å². The molecule has 0 N–H and O–H groups in total. The first-order chi connectivity index (χ1) is 4.74. The van der Waals surface area contributed by atoms with Gasteiger partial charge in [-0.25, -0.2) is 4.98 Å². The van der Waals surface area contributed by atoms with E-state index in [2.05, 4.69) is 18.8 Å². The minimum atomic E-state index is 0.505. The Morgan fingerprint density at radius 1 is 1.70 bits per heavy atom. The molecule has 2 heteroatoms. The molecule has 0 aliphatic heterocycles. The second kappa shape index (κ2) is 2.97. The van der Waals surface area contributed by atoms with E-state index in [1.54, 1.807) is 11.3 Å². The molecule has 0 aromatic carbocycles. The highest BCUT2D eigenvalue weighted by molar-refractivity contribution is 7.10. The number of aromatic nitrogens is 1. The van der Waals surface area contributed by atoms with E-state index in [0.29, 0.717) is 5.92 Å². The normalized spacial score (nSPS) is 10.3. The lowest BCUT2D eigenvalue weighted by molar-refractivity contribution is 0.832. The molecule has 0 saturated carbocycles. The summed E-state index contributed by atoms with van der Waals surface area (Å²) < 4.78 is 0. The van der Waals surface area contributed by atoms with Crippen molar-refractivity contribution in [2.24, 2.45) is 0 Å². The van der Waals surface area contributed by atoms with Crippen molar-refractivity contribution < 1.29 is 0 Å². The zero-order valence-corrected chi connectivity index (χ0v) is 6.98. The maximum atomic E-state index is 5.29. The Morgan fingerprint density at radius 3 is 2.70 bits per heavy atom. The summed E-state index contributed by atoms with van der Waals surface area (Å²) in [6.45, 7) is 9.53. The molecule has 0 aliphatic rings. The Kier molecular flexibility index (Phi) is 2.22. The molecule has 0 unspecified atom stereocenters. The first kappa shape index (κ1) is 7.48. The zero-order chi connectivity index (χ0) is 7.56. The lowest BCUT2D eigenvalue weighted by atomic mass is 10.2. The minimum absolute atomic E-state index is 0.505. The molecule has 1 aromatic heterocycles. The summed E-state index contributed by atoms with van der Waals surface area (Å²) in [6.07, 6.45) is 1.54. The van der Waals surface area contributed by atoms with E-state index in [1.165, 1.54) is 6.08 Å². The van der Waals surface area contributed by atoms with Gasteiger partial charge in [-0.3, -0.25) is 0 Å². The third kappa shape index (κ3) is 1.45. The predicted octanol–water partition coefficient (Wildman–Crippen LogP) is 2.71. The van der Waals surface area contributed by atoms with Gasteiger partial charge in [-0.1, -0.05) is 20.4 Å². The van der Waals surface area contributed by atoms with Crippen molar-refractivity contribution >= 4 is 17.4 Å². The Balaban J connectivity index is 2.88.